The molecule has 0 spiro atoms. The van der Waals surface area contributed by atoms with E-state index in [2.05, 4.69) is 31.8 Å². The van der Waals surface area contributed by atoms with E-state index in [1.165, 1.54) is 15.8 Å². The standard InChI is InChI=1S/C26H25F3N6O2S/c27-26(28,29)22-8-10-23(32-20-22)9-6-21-7-11-25(33-19-21)34-14-16-35(17-15-34)38(36,37)18-3-1-2-5-24-30-12-4-13-31-24/h3-4,7-8,10-13,18-20H,1-2,5,14-17H2/b18-3-. The van der Waals surface area contributed by atoms with Gasteiger partial charge < -0.3 is 4.90 Å². The Kier molecular flexibility index (Phi) is 8.70. The van der Waals surface area contributed by atoms with Gasteiger partial charge in [0.25, 0.3) is 0 Å². The molecule has 0 aliphatic carbocycles. The lowest BCUT2D eigenvalue weighted by molar-refractivity contribution is -0.137. The number of aryl methyl sites for hydroxylation is 1. The number of nitrogens with zero attached hydrogens (tertiary/aromatic N) is 6. The van der Waals surface area contributed by atoms with Crippen LogP contribution in [-0.4, -0.2) is 58.8 Å². The molecule has 1 aliphatic heterocycles. The van der Waals surface area contributed by atoms with Gasteiger partial charge in [0.2, 0.25) is 10.0 Å². The number of hydrogen-bond donors (Lipinski definition) is 0. The number of piperazine rings is 1. The highest BCUT2D eigenvalue weighted by molar-refractivity contribution is 7.92. The first kappa shape index (κ1) is 27.2. The Morgan fingerprint density at radius 1 is 0.921 bits per heavy atom. The average molecular weight is 543 g/mol. The quantitative estimate of drug-likeness (QED) is 0.332. The second-order valence-electron chi connectivity index (χ2n) is 8.45. The lowest BCUT2D eigenvalue weighted by Crippen LogP contribution is -2.48. The monoisotopic (exact) mass is 542 g/mol. The first-order chi connectivity index (χ1) is 18.2. The van der Waals surface area contributed by atoms with Crippen molar-refractivity contribution in [1.29, 1.82) is 0 Å². The summed E-state index contributed by atoms with van der Waals surface area (Å²) in [6.07, 6.45) is 4.99. The SMILES string of the molecule is O=S(=O)(/C=C\CCCc1ncccn1)N1CCN(c2ccc(C#Cc3ccc(C(F)(F)F)cn3)cn2)CC1. The molecular weight excluding hydrogens is 517 g/mol. The van der Waals surface area contributed by atoms with Crippen molar-refractivity contribution in [2.75, 3.05) is 31.1 Å². The second-order valence-corrected chi connectivity index (χ2v) is 10.3. The van der Waals surface area contributed by atoms with E-state index in [4.69, 9.17) is 0 Å². The lowest BCUT2D eigenvalue weighted by atomic mass is 10.2. The number of halogens is 3. The molecule has 0 bridgehead atoms. The highest BCUT2D eigenvalue weighted by atomic mass is 32.2. The molecule has 0 atom stereocenters. The summed E-state index contributed by atoms with van der Waals surface area (Å²) in [6.45, 7) is 1.67. The molecule has 1 aliphatic rings. The third-order valence-corrected chi connectivity index (χ3v) is 7.38. The number of alkyl halides is 3. The van der Waals surface area contributed by atoms with E-state index in [0.717, 1.165) is 24.5 Å². The fourth-order valence-corrected chi connectivity index (χ4v) is 4.93. The van der Waals surface area contributed by atoms with E-state index in [1.807, 2.05) is 4.90 Å². The number of pyridine rings is 2. The van der Waals surface area contributed by atoms with E-state index in [1.54, 1.807) is 42.9 Å². The maximum atomic E-state index is 12.7. The Balaban J connectivity index is 1.25. The van der Waals surface area contributed by atoms with E-state index >= 15 is 0 Å². The lowest BCUT2D eigenvalue weighted by Gasteiger charge is -2.34. The van der Waals surface area contributed by atoms with Crippen LogP contribution in [0.2, 0.25) is 0 Å². The van der Waals surface area contributed by atoms with Gasteiger partial charge in [-0.3, -0.25) is 0 Å². The van der Waals surface area contributed by atoms with Gasteiger partial charge in [-0.05, 0) is 49.1 Å². The molecule has 4 heterocycles. The summed E-state index contributed by atoms with van der Waals surface area (Å²) in [5, 5.41) is 1.27. The van der Waals surface area contributed by atoms with Crippen LogP contribution in [0.5, 0.6) is 0 Å². The molecule has 1 fully saturated rings. The minimum atomic E-state index is -4.44. The van der Waals surface area contributed by atoms with E-state index in [9.17, 15) is 21.6 Å². The van der Waals surface area contributed by atoms with Crippen LogP contribution in [0, 0.1) is 11.8 Å². The van der Waals surface area contributed by atoms with Crippen molar-refractivity contribution in [3.05, 3.63) is 89.2 Å². The highest BCUT2D eigenvalue weighted by Crippen LogP contribution is 2.28. The highest BCUT2D eigenvalue weighted by Gasteiger charge is 2.30. The van der Waals surface area contributed by atoms with Crippen LogP contribution in [-0.2, 0) is 22.6 Å². The molecule has 3 aromatic heterocycles. The van der Waals surface area contributed by atoms with Crippen molar-refractivity contribution in [2.45, 2.75) is 25.4 Å². The summed E-state index contributed by atoms with van der Waals surface area (Å²) in [6, 6.07) is 7.45. The Hall–Kier alpha value is -3.82. The van der Waals surface area contributed by atoms with E-state index in [-0.39, 0.29) is 5.69 Å². The fourth-order valence-electron chi connectivity index (χ4n) is 3.70. The average Bonchev–Trinajstić information content (AvgIpc) is 2.92. The van der Waals surface area contributed by atoms with Gasteiger partial charge in [-0.15, -0.1) is 0 Å². The molecule has 3 aromatic rings. The molecule has 1 saturated heterocycles. The van der Waals surface area contributed by atoms with Crippen molar-refractivity contribution in [3.63, 3.8) is 0 Å². The number of sulfonamides is 1. The predicted octanol–water partition coefficient (Wildman–Crippen LogP) is 3.67. The predicted molar refractivity (Wildman–Crippen MR) is 136 cm³/mol. The van der Waals surface area contributed by atoms with Gasteiger partial charge in [0.15, 0.2) is 0 Å². The summed E-state index contributed by atoms with van der Waals surface area (Å²) in [5.41, 5.74) is -0.0216. The number of unbranched alkanes of at least 4 members (excludes halogenated alkanes) is 1. The van der Waals surface area contributed by atoms with E-state index in [0.29, 0.717) is 50.4 Å². The largest absolute Gasteiger partial charge is 0.417 e. The second kappa shape index (κ2) is 12.1. The van der Waals surface area contributed by atoms with Gasteiger partial charge in [0, 0.05) is 68.4 Å². The minimum absolute atomic E-state index is 0.221. The van der Waals surface area contributed by atoms with E-state index < -0.39 is 21.8 Å². The smallest absolute Gasteiger partial charge is 0.354 e. The Morgan fingerprint density at radius 2 is 1.68 bits per heavy atom. The van der Waals surface area contributed by atoms with Crippen molar-refractivity contribution < 1.29 is 21.6 Å². The third kappa shape index (κ3) is 7.60. The fraction of sp³-hybridized carbons (Fsp3) is 0.308. The molecule has 0 N–H and O–H groups in total. The number of aromatic nitrogens is 4. The zero-order valence-corrected chi connectivity index (χ0v) is 21.2. The maximum absolute atomic E-state index is 12.7. The number of allylic oxidation sites excluding steroid dienone is 1. The van der Waals surface area contributed by atoms with Crippen LogP contribution in [0.1, 0.15) is 35.5 Å². The van der Waals surface area contributed by atoms with Gasteiger partial charge in [-0.1, -0.05) is 12.0 Å². The van der Waals surface area contributed by atoms with Crippen LogP contribution in [0.15, 0.2) is 66.6 Å². The minimum Gasteiger partial charge on any atom is -0.354 e. The first-order valence-electron chi connectivity index (χ1n) is 11.9. The molecule has 0 aromatic carbocycles. The molecule has 12 heteroatoms. The molecule has 38 heavy (non-hydrogen) atoms. The molecule has 198 valence electrons. The third-order valence-electron chi connectivity index (χ3n) is 5.75. The van der Waals surface area contributed by atoms with Gasteiger partial charge in [-0.2, -0.15) is 17.5 Å². The molecular formula is C26H25F3N6O2S. The zero-order valence-electron chi connectivity index (χ0n) is 20.3. The molecule has 8 nitrogen and oxygen atoms in total. The summed E-state index contributed by atoms with van der Waals surface area (Å²) in [4.78, 5) is 18.4. The molecule has 4 rings (SSSR count). The number of anilines is 1. The normalized spacial score (nSPS) is 14.9. The van der Waals surface area contributed by atoms with Crippen LogP contribution in [0.25, 0.3) is 0 Å². The van der Waals surface area contributed by atoms with Gasteiger partial charge in [0.05, 0.1) is 5.56 Å². The van der Waals surface area contributed by atoms with Crippen LogP contribution < -0.4 is 4.90 Å². The van der Waals surface area contributed by atoms with Crippen LogP contribution in [0.3, 0.4) is 0 Å². The van der Waals surface area contributed by atoms with Gasteiger partial charge >= 0.3 is 6.18 Å². The molecule has 0 saturated carbocycles. The van der Waals surface area contributed by atoms with Crippen LogP contribution in [0.4, 0.5) is 19.0 Å². The molecule has 0 unspecified atom stereocenters. The summed E-state index contributed by atoms with van der Waals surface area (Å²) >= 11 is 0. The molecule has 0 radical (unpaired) electrons. The number of hydrogen-bond acceptors (Lipinski definition) is 7. The summed E-state index contributed by atoms with van der Waals surface area (Å²) in [7, 11) is -3.50. The maximum Gasteiger partial charge on any atom is 0.417 e. The van der Waals surface area contributed by atoms with Gasteiger partial charge in [0.1, 0.15) is 17.3 Å². The Morgan fingerprint density at radius 3 is 2.32 bits per heavy atom. The Bertz CT molecular complexity index is 1390. The Labute approximate surface area is 219 Å². The summed E-state index contributed by atoms with van der Waals surface area (Å²) in [5.74, 6) is 7.00. The van der Waals surface area contributed by atoms with Crippen molar-refractivity contribution in [2.24, 2.45) is 0 Å². The topological polar surface area (TPSA) is 92.2 Å². The number of rotatable bonds is 7. The van der Waals surface area contributed by atoms with Crippen LogP contribution >= 0.6 is 0 Å². The first-order valence-corrected chi connectivity index (χ1v) is 13.4. The van der Waals surface area contributed by atoms with Crippen molar-refractivity contribution in [3.8, 4) is 11.8 Å². The van der Waals surface area contributed by atoms with Gasteiger partial charge in [-0.25, -0.2) is 28.4 Å². The van der Waals surface area contributed by atoms with Crippen molar-refractivity contribution >= 4 is 15.8 Å². The van der Waals surface area contributed by atoms with Crippen molar-refractivity contribution in [1.82, 2.24) is 24.2 Å². The zero-order chi connectivity index (χ0) is 27.0. The summed E-state index contributed by atoms with van der Waals surface area (Å²) < 4.78 is 64.7. The molecule has 0 amide bonds.